The minimum Gasteiger partial charge on any atom is -0.489 e. The van der Waals surface area contributed by atoms with Crippen LogP contribution in [0.4, 0.5) is 0 Å². The van der Waals surface area contributed by atoms with Crippen molar-refractivity contribution in [1.82, 2.24) is 5.32 Å². The van der Waals surface area contributed by atoms with Crippen molar-refractivity contribution in [2.24, 2.45) is 11.8 Å². The maximum atomic E-state index is 11.7. The van der Waals surface area contributed by atoms with Gasteiger partial charge in [-0.25, -0.2) is 4.79 Å². The van der Waals surface area contributed by atoms with Crippen LogP contribution in [0.1, 0.15) is 36.0 Å². The Morgan fingerprint density at radius 2 is 1.74 bits per heavy atom. The number of aliphatic carboxylic acids is 1. The number of hydrogen-bond acceptors (Lipinski definition) is 4. The molecule has 0 aromatic heterocycles. The summed E-state index contributed by atoms with van der Waals surface area (Å²) in [4.78, 5) is 23.0. The largest absolute Gasteiger partial charge is 0.489 e. The number of carbonyl (C=O) groups is 2. The Balaban J connectivity index is 1.54. The Kier molecular flexibility index (Phi) is 4.74. The topological polar surface area (TPSA) is 95.9 Å². The van der Waals surface area contributed by atoms with Crippen molar-refractivity contribution < 1.29 is 24.5 Å². The molecule has 0 unspecified atom stereocenters. The highest BCUT2D eigenvalue weighted by molar-refractivity contribution is 5.97. The van der Waals surface area contributed by atoms with E-state index in [4.69, 9.17) is 4.74 Å². The van der Waals surface area contributed by atoms with Gasteiger partial charge in [-0.15, -0.1) is 0 Å². The second-order valence-electron chi connectivity index (χ2n) is 7.61. The molecule has 6 nitrogen and oxygen atoms in total. The lowest BCUT2D eigenvalue weighted by Crippen LogP contribution is -2.50. The fraction of sp³-hybridized carbons (Fsp3) is 0.429. The van der Waals surface area contributed by atoms with Gasteiger partial charge in [-0.3, -0.25) is 4.79 Å². The second kappa shape index (κ2) is 7.19. The average molecular weight is 369 g/mol. The smallest absolute Gasteiger partial charge is 0.339 e. The first-order valence-corrected chi connectivity index (χ1v) is 9.40. The molecule has 1 heterocycles. The molecule has 1 saturated heterocycles. The van der Waals surface area contributed by atoms with Gasteiger partial charge >= 0.3 is 11.9 Å². The molecule has 2 aliphatic rings. The molecule has 0 spiro atoms. The van der Waals surface area contributed by atoms with E-state index in [1.165, 1.54) is 0 Å². The second-order valence-corrected chi connectivity index (χ2v) is 7.61. The average Bonchev–Trinajstić information content (AvgIpc) is 2.66. The van der Waals surface area contributed by atoms with Crippen molar-refractivity contribution in [2.75, 3.05) is 6.54 Å². The molecular weight excluding hydrogens is 346 g/mol. The maximum absolute atomic E-state index is 11.7. The van der Waals surface area contributed by atoms with E-state index in [1.54, 1.807) is 12.1 Å². The first-order valence-electron chi connectivity index (χ1n) is 9.40. The number of carboxylic acids is 2. The Morgan fingerprint density at radius 1 is 1.00 bits per heavy atom. The number of ether oxygens (including phenoxy) is 1. The minimum absolute atomic E-state index is 0.0851. The van der Waals surface area contributed by atoms with Crippen molar-refractivity contribution in [3.8, 4) is 5.75 Å². The Labute approximate surface area is 157 Å². The summed E-state index contributed by atoms with van der Waals surface area (Å²) in [6, 6.07) is 10.6. The molecule has 0 amide bonds. The summed E-state index contributed by atoms with van der Waals surface area (Å²) in [6.45, 7) is 0.727. The van der Waals surface area contributed by atoms with Gasteiger partial charge in [-0.1, -0.05) is 24.3 Å². The number of carboxylic acid groups (broad SMARTS) is 2. The molecule has 0 bridgehead atoms. The third-order valence-corrected chi connectivity index (χ3v) is 5.93. The van der Waals surface area contributed by atoms with E-state index < -0.39 is 18.0 Å². The quantitative estimate of drug-likeness (QED) is 0.766. The van der Waals surface area contributed by atoms with E-state index in [-0.39, 0.29) is 11.7 Å². The van der Waals surface area contributed by atoms with Gasteiger partial charge in [0.25, 0.3) is 0 Å². The van der Waals surface area contributed by atoms with Gasteiger partial charge in [0.2, 0.25) is 0 Å². The van der Waals surface area contributed by atoms with E-state index in [1.807, 2.05) is 24.3 Å². The van der Waals surface area contributed by atoms with Gasteiger partial charge < -0.3 is 20.3 Å². The highest BCUT2D eigenvalue weighted by Crippen LogP contribution is 2.38. The van der Waals surface area contributed by atoms with Crippen LogP contribution in [-0.4, -0.2) is 40.8 Å². The highest BCUT2D eigenvalue weighted by Gasteiger charge is 2.38. The van der Waals surface area contributed by atoms with Crippen LogP contribution in [0.2, 0.25) is 0 Å². The van der Waals surface area contributed by atoms with Gasteiger partial charge in [0, 0.05) is 0 Å². The Hall–Kier alpha value is -2.60. The lowest BCUT2D eigenvalue weighted by Gasteiger charge is -2.41. The number of benzene rings is 2. The highest BCUT2D eigenvalue weighted by atomic mass is 16.5. The predicted molar refractivity (Wildman–Crippen MR) is 100 cm³/mol. The molecular formula is C21H23NO5. The number of aromatic carboxylic acids is 1. The van der Waals surface area contributed by atoms with Crippen LogP contribution in [0.5, 0.6) is 5.75 Å². The number of fused-ring (bicyclic) bond motifs is 2. The van der Waals surface area contributed by atoms with E-state index in [9.17, 15) is 19.8 Å². The van der Waals surface area contributed by atoms with E-state index in [0.29, 0.717) is 24.0 Å². The zero-order valence-corrected chi connectivity index (χ0v) is 14.9. The van der Waals surface area contributed by atoms with E-state index >= 15 is 0 Å². The molecule has 2 fully saturated rings. The third-order valence-electron chi connectivity index (χ3n) is 5.93. The summed E-state index contributed by atoms with van der Waals surface area (Å²) in [5.74, 6) is -0.652. The molecule has 4 rings (SSSR count). The third kappa shape index (κ3) is 3.62. The van der Waals surface area contributed by atoms with Crippen LogP contribution in [0, 0.1) is 11.8 Å². The summed E-state index contributed by atoms with van der Waals surface area (Å²) in [5, 5.41) is 23.8. The lowest BCUT2D eigenvalue weighted by molar-refractivity contribution is -0.141. The van der Waals surface area contributed by atoms with Crippen LogP contribution < -0.4 is 10.1 Å². The van der Waals surface area contributed by atoms with Gasteiger partial charge in [-0.05, 0) is 67.0 Å². The molecule has 1 saturated carbocycles. The lowest BCUT2D eigenvalue weighted by atomic mass is 9.72. The molecule has 142 valence electrons. The molecule has 1 aliphatic carbocycles. The molecule has 1 aliphatic heterocycles. The summed E-state index contributed by atoms with van der Waals surface area (Å²) >= 11 is 0. The number of nitrogens with one attached hydrogen (secondary N) is 1. The summed E-state index contributed by atoms with van der Waals surface area (Å²) < 4.78 is 6.15. The number of rotatable bonds is 4. The molecule has 2 aromatic carbocycles. The Bertz CT molecular complexity index is 880. The first kappa shape index (κ1) is 17.8. The van der Waals surface area contributed by atoms with Crippen LogP contribution in [0.3, 0.4) is 0 Å². The van der Waals surface area contributed by atoms with Crippen molar-refractivity contribution in [3.63, 3.8) is 0 Å². The zero-order valence-electron chi connectivity index (χ0n) is 14.9. The van der Waals surface area contributed by atoms with Crippen LogP contribution in [-0.2, 0) is 4.79 Å². The van der Waals surface area contributed by atoms with Crippen molar-refractivity contribution in [3.05, 3.63) is 42.0 Å². The summed E-state index contributed by atoms with van der Waals surface area (Å²) in [6.07, 6.45) is 3.10. The number of piperidine rings is 1. The molecule has 0 radical (unpaired) electrons. The van der Waals surface area contributed by atoms with Crippen LogP contribution in [0.25, 0.3) is 10.8 Å². The fourth-order valence-corrected chi connectivity index (χ4v) is 4.48. The first-order chi connectivity index (χ1) is 13.0. The molecule has 4 atom stereocenters. The Morgan fingerprint density at radius 3 is 2.44 bits per heavy atom. The van der Waals surface area contributed by atoms with Gasteiger partial charge in [0.05, 0.1) is 6.10 Å². The molecule has 2 aromatic rings. The van der Waals surface area contributed by atoms with E-state index in [0.717, 1.165) is 36.6 Å². The monoisotopic (exact) mass is 369 g/mol. The fourth-order valence-electron chi connectivity index (χ4n) is 4.48. The SMILES string of the molecule is O=C(O)c1cc2ccccc2cc1O[C@H]1CC[C@H]2CN[C@H](C(=O)O)C[C@@H]2C1. The summed E-state index contributed by atoms with van der Waals surface area (Å²) in [7, 11) is 0. The predicted octanol–water partition coefficient (Wildman–Crippen LogP) is 3.15. The van der Waals surface area contributed by atoms with Crippen LogP contribution in [0.15, 0.2) is 36.4 Å². The summed E-state index contributed by atoms with van der Waals surface area (Å²) in [5.41, 5.74) is 0.171. The van der Waals surface area contributed by atoms with Gasteiger partial charge in [0.1, 0.15) is 17.4 Å². The van der Waals surface area contributed by atoms with Crippen molar-refractivity contribution in [2.45, 2.75) is 37.8 Å². The van der Waals surface area contributed by atoms with Gasteiger partial charge in [0.15, 0.2) is 0 Å². The van der Waals surface area contributed by atoms with Gasteiger partial charge in [-0.2, -0.15) is 0 Å². The molecule has 6 heteroatoms. The van der Waals surface area contributed by atoms with Crippen molar-refractivity contribution >= 4 is 22.7 Å². The van der Waals surface area contributed by atoms with E-state index in [2.05, 4.69) is 5.32 Å². The number of hydrogen-bond donors (Lipinski definition) is 3. The van der Waals surface area contributed by atoms with Crippen molar-refractivity contribution in [1.29, 1.82) is 0 Å². The minimum atomic E-state index is -1.00. The molecule has 27 heavy (non-hydrogen) atoms. The standard InChI is InChI=1S/C21H23NO5/c23-20(24)17-8-12-3-1-2-4-13(12)10-19(17)27-16-6-5-14-11-22-18(21(25)26)9-15(14)7-16/h1-4,8,10,14-16,18,22H,5-7,9,11H2,(H,23,24)(H,25,26)/t14-,15-,16-,18-/m0/s1. The zero-order chi connectivity index (χ0) is 19.0. The maximum Gasteiger partial charge on any atom is 0.339 e. The molecule has 3 N–H and O–H groups in total. The van der Waals surface area contributed by atoms with Crippen LogP contribution >= 0.6 is 0 Å². The normalized spacial score (nSPS) is 27.7.